The average Bonchev–Trinajstić information content (AvgIpc) is 3.42. The molecule has 8 nitrogen and oxygen atoms in total. The Balaban J connectivity index is 0.00000363. The lowest BCUT2D eigenvalue weighted by molar-refractivity contribution is 0.0240. The molecule has 10 heteroatoms. The Morgan fingerprint density at radius 1 is 1.38 bits per heavy atom. The lowest BCUT2D eigenvalue weighted by Crippen LogP contribution is -2.45. The second kappa shape index (κ2) is 11.9. The first-order valence-electron chi connectivity index (χ1n) is 11.2. The number of carbonyl (C=O) groups excluding carboxylic acids is 1. The summed E-state index contributed by atoms with van der Waals surface area (Å²) in [6, 6.07) is 3.44. The maximum atomic E-state index is 14.0. The molecule has 0 radical (unpaired) electrons. The molecule has 1 saturated heterocycles. The van der Waals surface area contributed by atoms with Gasteiger partial charge in [-0.1, -0.05) is 0 Å². The first-order valence-corrected chi connectivity index (χ1v) is 11.2. The van der Waals surface area contributed by atoms with Crippen LogP contribution in [0, 0.1) is 5.82 Å². The van der Waals surface area contributed by atoms with Crippen molar-refractivity contribution in [3.8, 4) is 0 Å². The Morgan fingerprint density at radius 2 is 2.12 bits per heavy atom. The van der Waals surface area contributed by atoms with Gasteiger partial charge in [0.1, 0.15) is 5.60 Å². The Hall–Kier alpha value is -1.85. The van der Waals surface area contributed by atoms with Crippen molar-refractivity contribution in [2.45, 2.75) is 64.6 Å². The molecule has 1 saturated carbocycles. The van der Waals surface area contributed by atoms with Gasteiger partial charge in [-0.2, -0.15) is 0 Å². The van der Waals surface area contributed by atoms with Gasteiger partial charge in [0.05, 0.1) is 6.54 Å². The summed E-state index contributed by atoms with van der Waals surface area (Å²) in [4.78, 5) is 25.1. The molecule has 2 fully saturated rings. The van der Waals surface area contributed by atoms with Crippen molar-refractivity contribution in [1.29, 1.82) is 0 Å². The molecular weight excluding hydrogens is 526 g/mol. The van der Waals surface area contributed by atoms with Gasteiger partial charge < -0.3 is 25.2 Å². The fraction of sp³-hybridized carbons (Fsp3) is 0.682. The highest BCUT2D eigenvalue weighted by Gasteiger charge is 2.35. The highest BCUT2D eigenvalue weighted by atomic mass is 127. The molecule has 3 rings (SSSR count). The van der Waals surface area contributed by atoms with Crippen LogP contribution in [-0.2, 0) is 4.74 Å². The molecule has 0 bridgehead atoms. The molecule has 2 heterocycles. The Labute approximate surface area is 207 Å². The van der Waals surface area contributed by atoms with Crippen LogP contribution in [0.25, 0.3) is 0 Å². The number of anilines is 1. The van der Waals surface area contributed by atoms with Gasteiger partial charge in [-0.25, -0.2) is 14.2 Å². The van der Waals surface area contributed by atoms with E-state index in [2.05, 4.69) is 20.6 Å². The second-order valence-electron chi connectivity index (χ2n) is 9.05. The lowest BCUT2D eigenvalue weighted by atomic mass is 10.2. The van der Waals surface area contributed by atoms with E-state index in [0.29, 0.717) is 31.4 Å². The summed E-state index contributed by atoms with van der Waals surface area (Å²) in [6.45, 7) is 10.8. The third kappa shape index (κ3) is 7.93. The summed E-state index contributed by atoms with van der Waals surface area (Å²) in [5, 5.41) is 6.69. The number of aromatic nitrogens is 1. The SMILES string of the molecule is CCNC(=NCCN(C(=O)OC(C)(C)C)C1CC1)NC1CCN(c2ncccc2F)C1.I. The number of nitrogens with zero attached hydrogens (tertiary/aromatic N) is 4. The molecule has 1 aliphatic heterocycles. The smallest absolute Gasteiger partial charge is 0.410 e. The quantitative estimate of drug-likeness (QED) is 0.302. The van der Waals surface area contributed by atoms with E-state index in [9.17, 15) is 9.18 Å². The summed E-state index contributed by atoms with van der Waals surface area (Å²) in [6.07, 6.45) is 4.24. The predicted molar refractivity (Wildman–Crippen MR) is 135 cm³/mol. The number of rotatable bonds is 7. The zero-order valence-electron chi connectivity index (χ0n) is 19.4. The first kappa shape index (κ1) is 26.4. The number of amides is 1. The third-order valence-corrected chi connectivity index (χ3v) is 5.14. The molecule has 1 unspecified atom stereocenters. The molecule has 1 aromatic rings. The Bertz CT molecular complexity index is 784. The van der Waals surface area contributed by atoms with Gasteiger partial charge in [-0.3, -0.25) is 4.99 Å². The van der Waals surface area contributed by atoms with E-state index in [4.69, 9.17) is 4.74 Å². The normalized spacial score (nSPS) is 18.7. The highest BCUT2D eigenvalue weighted by molar-refractivity contribution is 14.0. The second-order valence-corrected chi connectivity index (χ2v) is 9.05. The van der Waals surface area contributed by atoms with E-state index in [1.54, 1.807) is 17.2 Å². The molecule has 1 aliphatic carbocycles. The molecular formula is C22H36FIN6O2. The van der Waals surface area contributed by atoms with Gasteiger partial charge in [-0.05, 0) is 59.1 Å². The number of carbonyl (C=O) groups is 1. The molecule has 1 atom stereocenters. The molecule has 32 heavy (non-hydrogen) atoms. The predicted octanol–water partition coefficient (Wildman–Crippen LogP) is 3.37. The zero-order chi connectivity index (χ0) is 22.4. The van der Waals surface area contributed by atoms with Crippen molar-refractivity contribution in [2.24, 2.45) is 4.99 Å². The third-order valence-electron chi connectivity index (χ3n) is 5.14. The number of aliphatic imine (C=N–C) groups is 1. The van der Waals surface area contributed by atoms with Crippen LogP contribution in [0.2, 0.25) is 0 Å². The van der Waals surface area contributed by atoms with E-state index in [0.717, 1.165) is 32.4 Å². The molecule has 0 spiro atoms. The van der Waals surface area contributed by atoms with Crippen LogP contribution in [0.4, 0.5) is 15.0 Å². The molecule has 0 aromatic carbocycles. The maximum absolute atomic E-state index is 14.0. The van der Waals surface area contributed by atoms with Gasteiger partial charge >= 0.3 is 6.09 Å². The standard InChI is InChI=1S/C22H35FN6O2.HI/c1-5-24-20(26-12-14-29(17-8-9-17)21(30)31-22(2,3)4)27-16-10-13-28(15-16)19-18(23)7-6-11-25-19;/h6-7,11,16-17H,5,8-10,12-15H2,1-4H3,(H2,24,26,27);1H. The van der Waals surface area contributed by atoms with Gasteiger partial charge in [0.15, 0.2) is 17.6 Å². The summed E-state index contributed by atoms with van der Waals surface area (Å²) in [5.41, 5.74) is -0.509. The number of guanidine groups is 1. The van der Waals surface area contributed by atoms with Crippen LogP contribution in [0.1, 0.15) is 47.0 Å². The van der Waals surface area contributed by atoms with Crippen molar-refractivity contribution in [1.82, 2.24) is 20.5 Å². The minimum absolute atomic E-state index is 0. The van der Waals surface area contributed by atoms with Crippen LogP contribution in [-0.4, -0.2) is 72.3 Å². The number of halogens is 2. The van der Waals surface area contributed by atoms with Gasteiger partial charge in [0.2, 0.25) is 0 Å². The van der Waals surface area contributed by atoms with Gasteiger partial charge in [0, 0.05) is 44.5 Å². The largest absolute Gasteiger partial charge is 0.444 e. The van der Waals surface area contributed by atoms with E-state index >= 15 is 0 Å². The molecule has 2 N–H and O–H groups in total. The average molecular weight is 562 g/mol. The Kier molecular flexibility index (Phi) is 9.78. The molecule has 1 amide bonds. The number of hydrogen-bond donors (Lipinski definition) is 2. The van der Waals surface area contributed by atoms with E-state index in [-0.39, 0.29) is 48.0 Å². The fourth-order valence-corrected chi connectivity index (χ4v) is 3.59. The van der Waals surface area contributed by atoms with Crippen LogP contribution in [0.15, 0.2) is 23.3 Å². The number of nitrogens with one attached hydrogen (secondary N) is 2. The summed E-state index contributed by atoms with van der Waals surface area (Å²) < 4.78 is 19.6. The van der Waals surface area contributed by atoms with Crippen LogP contribution in [0.3, 0.4) is 0 Å². The van der Waals surface area contributed by atoms with Crippen LogP contribution < -0.4 is 15.5 Å². The van der Waals surface area contributed by atoms with E-state index in [1.807, 2.05) is 32.6 Å². The number of pyridine rings is 1. The maximum Gasteiger partial charge on any atom is 0.410 e. The van der Waals surface area contributed by atoms with E-state index in [1.165, 1.54) is 6.07 Å². The van der Waals surface area contributed by atoms with Crippen LogP contribution in [0.5, 0.6) is 0 Å². The van der Waals surface area contributed by atoms with Crippen LogP contribution >= 0.6 is 24.0 Å². The summed E-state index contributed by atoms with van der Waals surface area (Å²) >= 11 is 0. The zero-order valence-corrected chi connectivity index (χ0v) is 21.8. The minimum Gasteiger partial charge on any atom is -0.444 e. The number of hydrogen-bond acceptors (Lipinski definition) is 5. The Morgan fingerprint density at radius 3 is 2.75 bits per heavy atom. The van der Waals surface area contributed by atoms with Gasteiger partial charge in [0.25, 0.3) is 0 Å². The summed E-state index contributed by atoms with van der Waals surface area (Å²) in [5.74, 6) is 0.799. The molecule has 2 aliphatic rings. The molecule has 180 valence electrons. The number of ether oxygens (including phenoxy) is 1. The van der Waals surface area contributed by atoms with Crippen molar-refractivity contribution in [3.05, 3.63) is 24.1 Å². The van der Waals surface area contributed by atoms with Crippen molar-refractivity contribution < 1.29 is 13.9 Å². The fourth-order valence-electron chi connectivity index (χ4n) is 3.59. The minimum atomic E-state index is -0.509. The molecule has 1 aromatic heterocycles. The van der Waals surface area contributed by atoms with Crippen molar-refractivity contribution >= 4 is 41.8 Å². The highest BCUT2D eigenvalue weighted by Crippen LogP contribution is 2.28. The van der Waals surface area contributed by atoms with E-state index < -0.39 is 5.60 Å². The first-order chi connectivity index (χ1) is 14.8. The lowest BCUT2D eigenvalue weighted by Gasteiger charge is -2.27. The monoisotopic (exact) mass is 562 g/mol. The van der Waals surface area contributed by atoms with Crippen molar-refractivity contribution in [2.75, 3.05) is 37.6 Å². The topological polar surface area (TPSA) is 82.1 Å². The van der Waals surface area contributed by atoms with Crippen molar-refractivity contribution in [3.63, 3.8) is 0 Å². The van der Waals surface area contributed by atoms with Gasteiger partial charge in [-0.15, -0.1) is 24.0 Å². The summed E-state index contributed by atoms with van der Waals surface area (Å²) in [7, 11) is 0.